The molecule has 0 saturated carbocycles. The fourth-order valence-electron chi connectivity index (χ4n) is 2.42. The molecule has 0 aliphatic heterocycles. The molecule has 0 aliphatic carbocycles. The number of H-pyrrole nitrogens is 1. The highest BCUT2D eigenvalue weighted by atomic mass is 79.9. The number of hydrogen-bond acceptors (Lipinski definition) is 4. The van der Waals surface area contributed by atoms with Gasteiger partial charge in [-0.05, 0) is 36.4 Å². The Morgan fingerprint density at radius 3 is 2.73 bits per heavy atom. The zero-order valence-electron chi connectivity index (χ0n) is 13.4. The number of ether oxygens (including phenoxy) is 1. The maximum Gasteiger partial charge on any atom is 0.259 e. The van der Waals surface area contributed by atoms with Crippen LogP contribution in [0.2, 0.25) is 0 Å². The molecule has 0 aliphatic rings. The molecule has 0 saturated heterocycles. The third kappa shape index (κ3) is 3.57. The molecule has 0 atom stereocenters. The van der Waals surface area contributed by atoms with Crippen LogP contribution in [-0.2, 0) is 0 Å². The van der Waals surface area contributed by atoms with Gasteiger partial charge in [-0.2, -0.15) is 0 Å². The van der Waals surface area contributed by atoms with E-state index in [1.165, 1.54) is 6.20 Å². The van der Waals surface area contributed by atoms with E-state index in [9.17, 15) is 4.79 Å². The van der Waals surface area contributed by atoms with Gasteiger partial charge in [-0.3, -0.25) is 10.1 Å². The predicted octanol–water partition coefficient (Wildman–Crippen LogP) is 4.77. The van der Waals surface area contributed by atoms with Gasteiger partial charge in [0, 0.05) is 16.7 Å². The third-order valence-corrected chi connectivity index (χ3v) is 4.13. The summed E-state index contributed by atoms with van der Waals surface area (Å²) in [7, 11) is 0. The third-order valence-electron chi connectivity index (χ3n) is 3.64. The monoisotopic (exact) mass is 408 g/mol. The van der Waals surface area contributed by atoms with Crippen LogP contribution in [0.1, 0.15) is 10.4 Å². The molecule has 128 valence electrons. The van der Waals surface area contributed by atoms with E-state index in [2.05, 4.69) is 36.2 Å². The lowest BCUT2D eigenvalue weighted by atomic mass is 10.2. The average Bonchev–Trinajstić information content (AvgIpc) is 3.04. The first-order valence-corrected chi connectivity index (χ1v) is 8.62. The van der Waals surface area contributed by atoms with Gasteiger partial charge in [0.1, 0.15) is 5.75 Å². The number of aromatic nitrogens is 3. The molecule has 26 heavy (non-hydrogen) atoms. The molecule has 0 fully saturated rings. The van der Waals surface area contributed by atoms with Crippen LogP contribution in [0.15, 0.2) is 71.3 Å². The lowest BCUT2D eigenvalue weighted by molar-refractivity contribution is 0.102. The topological polar surface area (TPSA) is 79.9 Å². The molecular weight excluding hydrogens is 396 g/mol. The molecular formula is C19H13BrN4O2. The van der Waals surface area contributed by atoms with Crippen molar-refractivity contribution in [1.82, 2.24) is 15.0 Å². The van der Waals surface area contributed by atoms with Gasteiger partial charge in [0.25, 0.3) is 5.91 Å². The molecule has 4 rings (SSSR count). The molecule has 2 N–H and O–H groups in total. The Kier molecular flexibility index (Phi) is 4.37. The largest absolute Gasteiger partial charge is 0.439 e. The minimum Gasteiger partial charge on any atom is -0.439 e. The molecule has 1 amide bonds. The first-order chi connectivity index (χ1) is 12.7. The maximum atomic E-state index is 12.3. The Morgan fingerprint density at radius 1 is 1.08 bits per heavy atom. The Morgan fingerprint density at radius 2 is 1.96 bits per heavy atom. The Labute approximate surface area is 157 Å². The molecule has 0 bridgehead atoms. The lowest BCUT2D eigenvalue weighted by Crippen LogP contribution is -2.13. The first kappa shape index (κ1) is 16.3. The summed E-state index contributed by atoms with van der Waals surface area (Å²) < 4.78 is 6.57. The normalized spacial score (nSPS) is 10.7. The van der Waals surface area contributed by atoms with Gasteiger partial charge in [0.15, 0.2) is 0 Å². The zero-order chi connectivity index (χ0) is 17.9. The summed E-state index contributed by atoms with van der Waals surface area (Å²) in [6, 6.07) is 18.3. The van der Waals surface area contributed by atoms with Gasteiger partial charge >= 0.3 is 0 Å². The van der Waals surface area contributed by atoms with E-state index in [1.54, 1.807) is 12.1 Å². The molecule has 0 unspecified atom stereocenters. The second kappa shape index (κ2) is 6.97. The second-order valence-electron chi connectivity index (χ2n) is 5.50. The predicted molar refractivity (Wildman–Crippen MR) is 102 cm³/mol. The van der Waals surface area contributed by atoms with Gasteiger partial charge in [0.05, 0.1) is 16.6 Å². The van der Waals surface area contributed by atoms with Crippen LogP contribution in [0, 0.1) is 0 Å². The van der Waals surface area contributed by atoms with Crippen molar-refractivity contribution < 1.29 is 9.53 Å². The summed E-state index contributed by atoms with van der Waals surface area (Å²) in [5, 5.41) is 2.73. The zero-order valence-corrected chi connectivity index (χ0v) is 15.0. The van der Waals surface area contributed by atoms with Gasteiger partial charge in [0.2, 0.25) is 11.8 Å². The Hall–Kier alpha value is -3.19. The average molecular weight is 409 g/mol. The van der Waals surface area contributed by atoms with Crippen LogP contribution in [-0.4, -0.2) is 20.9 Å². The van der Waals surface area contributed by atoms with Crippen molar-refractivity contribution in [3.05, 3.63) is 76.9 Å². The van der Waals surface area contributed by atoms with E-state index in [4.69, 9.17) is 4.74 Å². The first-order valence-electron chi connectivity index (χ1n) is 7.83. The van der Waals surface area contributed by atoms with Crippen LogP contribution >= 0.6 is 15.9 Å². The van der Waals surface area contributed by atoms with E-state index in [1.807, 2.05) is 48.5 Å². The molecule has 2 aromatic carbocycles. The van der Waals surface area contributed by atoms with Crippen molar-refractivity contribution in [1.29, 1.82) is 0 Å². The number of carbonyl (C=O) groups is 1. The summed E-state index contributed by atoms with van der Waals surface area (Å²) in [6.07, 6.45) is 1.46. The molecule has 7 heteroatoms. The van der Waals surface area contributed by atoms with Crippen molar-refractivity contribution >= 4 is 38.8 Å². The molecule has 6 nitrogen and oxygen atoms in total. The van der Waals surface area contributed by atoms with Gasteiger partial charge in [-0.15, -0.1) is 0 Å². The Bertz CT molecular complexity index is 1040. The number of fused-ring (bicyclic) bond motifs is 1. The van der Waals surface area contributed by atoms with Crippen LogP contribution < -0.4 is 10.1 Å². The van der Waals surface area contributed by atoms with Crippen molar-refractivity contribution in [2.75, 3.05) is 5.32 Å². The number of para-hydroxylation sites is 2. The van der Waals surface area contributed by atoms with Crippen LogP contribution in [0.5, 0.6) is 11.6 Å². The number of benzene rings is 2. The fraction of sp³-hybridized carbons (Fsp3) is 0. The van der Waals surface area contributed by atoms with Crippen LogP contribution in [0.4, 0.5) is 5.95 Å². The fourth-order valence-corrected chi connectivity index (χ4v) is 2.80. The number of pyridine rings is 1. The number of carbonyl (C=O) groups excluding carboxylic acids is 1. The quantitative estimate of drug-likeness (QED) is 0.509. The minimum absolute atomic E-state index is 0.300. The van der Waals surface area contributed by atoms with Gasteiger partial charge < -0.3 is 9.72 Å². The SMILES string of the molecule is O=C(Nc1nc2ccccc2[nH]1)c1ccc(Oc2cccc(Br)c2)nc1. The van der Waals surface area contributed by atoms with Crippen molar-refractivity contribution in [3.8, 4) is 11.6 Å². The van der Waals surface area contributed by atoms with Crippen molar-refractivity contribution in [2.24, 2.45) is 0 Å². The number of hydrogen-bond donors (Lipinski definition) is 2. The highest BCUT2D eigenvalue weighted by Gasteiger charge is 2.10. The summed E-state index contributed by atoms with van der Waals surface area (Å²) >= 11 is 3.39. The van der Waals surface area contributed by atoms with Crippen molar-refractivity contribution in [2.45, 2.75) is 0 Å². The van der Waals surface area contributed by atoms with Gasteiger partial charge in [-0.1, -0.05) is 34.1 Å². The summed E-state index contributed by atoms with van der Waals surface area (Å²) in [6.45, 7) is 0. The van der Waals surface area contributed by atoms with E-state index in [0.717, 1.165) is 15.5 Å². The molecule has 4 aromatic rings. The van der Waals surface area contributed by atoms with Crippen LogP contribution in [0.3, 0.4) is 0 Å². The molecule has 2 aromatic heterocycles. The highest BCUT2D eigenvalue weighted by Crippen LogP contribution is 2.23. The van der Waals surface area contributed by atoms with E-state index < -0.39 is 0 Å². The summed E-state index contributed by atoms with van der Waals surface area (Å²) in [5.41, 5.74) is 2.06. The number of halogens is 1. The molecule has 0 spiro atoms. The number of imidazole rings is 1. The lowest BCUT2D eigenvalue weighted by Gasteiger charge is -2.06. The smallest absolute Gasteiger partial charge is 0.259 e. The minimum atomic E-state index is -0.300. The van der Waals surface area contributed by atoms with E-state index in [0.29, 0.717) is 23.1 Å². The molecule has 2 heterocycles. The Balaban J connectivity index is 1.46. The highest BCUT2D eigenvalue weighted by molar-refractivity contribution is 9.10. The number of rotatable bonds is 4. The van der Waals surface area contributed by atoms with E-state index >= 15 is 0 Å². The number of aromatic amines is 1. The van der Waals surface area contributed by atoms with Gasteiger partial charge in [-0.25, -0.2) is 9.97 Å². The van der Waals surface area contributed by atoms with E-state index in [-0.39, 0.29) is 5.91 Å². The maximum absolute atomic E-state index is 12.3. The van der Waals surface area contributed by atoms with Crippen LogP contribution in [0.25, 0.3) is 11.0 Å². The summed E-state index contributed by atoms with van der Waals surface area (Å²) in [5.74, 6) is 1.16. The number of anilines is 1. The van der Waals surface area contributed by atoms with Crippen molar-refractivity contribution in [3.63, 3.8) is 0 Å². The summed E-state index contributed by atoms with van der Waals surface area (Å²) in [4.78, 5) is 23.9. The second-order valence-corrected chi connectivity index (χ2v) is 6.42. The molecule has 0 radical (unpaired) electrons. The standard InChI is InChI=1S/C19H13BrN4O2/c20-13-4-3-5-14(10-13)26-17-9-8-12(11-21-17)18(25)24-19-22-15-6-1-2-7-16(15)23-19/h1-11H,(H2,22,23,24,25). The number of amides is 1. The number of nitrogens with one attached hydrogen (secondary N) is 2. The number of nitrogens with zero attached hydrogens (tertiary/aromatic N) is 2.